The van der Waals surface area contributed by atoms with Gasteiger partial charge in [0, 0.05) is 38.3 Å². The van der Waals surface area contributed by atoms with Crippen molar-refractivity contribution >= 4 is 15.9 Å². The fourth-order valence-corrected chi connectivity index (χ4v) is 2.94. The first-order chi connectivity index (χ1) is 9.72. The van der Waals surface area contributed by atoms with Crippen LogP contribution in [0.25, 0.3) is 0 Å². The maximum Gasteiger partial charge on any atom is 0.118 e. The van der Waals surface area contributed by atoms with E-state index >= 15 is 0 Å². The number of aromatic nitrogens is 2. The molecule has 1 fully saturated rings. The number of benzene rings is 1. The molecule has 0 saturated carbocycles. The second-order valence-electron chi connectivity index (χ2n) is 5.29. The van der Waals surface area contributed by atoms with E-state index in [9.17, 15) is 0 Å². The number of nitrogens with zero attached hydrogens (tertiary/aromatic N) is 3. The number of halogens is 1. The number of ether oxygens (including phenoxy) is 1. The summed E-state index contributed by atoms with van der Waals surface area (Å²) in [6.45, 7) is 4.31. The summed E-state index contributed by atoms with van der Waals surface area (Å²) in [6, 6.07) is 8.31. The Kier molecular flexibility index (Phi) is 4.08. The Morgan fingerprint density at radius 3 is 2.65 bits per heavy atom. The van der Waals surface area contributed by atoms with Crippen LogP contribution in [0.4, 0.5) is 0 Å². The number of hydrogen-bond acceptors (Lipinski definition) is 3. The lowest BCUT2D eigenvalue weighted by molar-refractivity contribution is 0.0777. The van der Waals surface area contributed by atoms with Gasteiger partial charge in [-0.15, -0.1) is 0 Å². The Balaban J connectivity index is 1.45. The van der Waals surface area contributed by atoms with E-state index in [2.05, 4.69) is 38.1 Å². The standard InChI is InChI=1S/C15H18BrN3O/c1-20-15-4-2-12(3-5-15)7-18-8-13(9-18)10-19-11-14(16)6-17-19/h2-6,11,13H,7-10H2,1H3. The van der Waals surface area contributed by atoms with Crippen LogP contribution < -0.4 is 4.74 Å². The monoisotopic (exact) mass is 335 g/mol. The molecule has 20 heavy (non-hydrogen) atoms. The molecule has 0 aliphatic carbocycles. The molecule has 5 heteroatoms. The Bertz CT molecular complexity index is 561. The smallest absolute Gasteiger partial charge is 0.118 e. The molecule has 0 amide bonds. The van der Waals surface area contributed by atoms with E-state index < -0.39 is 0 Å². The van der Waals surface area contributed by atoms with Crippen molar-refractivity contribution < 1.29 is 4.74 Å². The third kappa shape index (κ3) is 3.22. The normalized spacial score (nSPS) is 16.1. The van der Waals surface area contributed by atoms with Crippen LogP contribution in [0, 0.1) is 5.92 Å². The topological polar surface area (TPSA) is 30.3 Å². The highest BCUT2D eigenvalue weighted by atomic mass is 79.9. The summed E-state index contributed by atoms with van der Waals surface area (Å²) in [5, 5.41) is 4.30. The van der Waals surface area contributed by atoms with Gasteiger partial charge in [0.15, 0.2) is 0 Å². The van der Waals surface area contributed by atoms with E-state index in [4.69, 9.17) is 4.74 Å². The molecule has 1 aliphatic rings. The maximum atomic E-state index is 5.17. The molecule has 1 saturated heterocycles. The summed E-state index contributed by atoms with van der Waals surface area (Å²) < 4.78 is 8.23. The van der Waals surface area contributed by atoms with Gasteiger partial charge in [0.05, 0.1) is 17.8 Å². The fourth-order valence-electron chi connectivity index (χ4n) is 2.61. The minimum absolute atomic E-state index is 0.708. The molecule has 0 spiro atoms. The summed E-state index contributed by atoms with van der Waals surface area (Å²) in [6.07, 6.45) is 3.87. The van der Waals surface area contributed by atoms with Crippen molar-refractivity contribution in [1.29, 1.82) is 0 Å². The summed E-state index contributed by atoms with van der Waals surface area (Å²) in [5.41, 5.74) is 1.34. The number of hydrogen-bond donors (Lipinski definition) is 0. The summed E-state index contributed by atoms with van der Waals surface area (Å²) in [4.78, 5) is 2.46. The Labute approximate surface area is 127 Å². The summed E-state index contributed by atoms with van der Waals surface area (Å²) in [7, 11) is 1.70. The molecule has 106 valence electrons. The third-order valence-corrected chi connectivity index (χ3v) is 4.05. The fraction of sp³-hybridized carbons (Fsp3) is 0.400. The van der Waals surface area contributed by atoms with Crippen LogP contribution in [0.2, 0.25) is 0 Å². The average molecular weight is 336 g/mol. The Morgan fingerprint density at radius 2 is 2.05 bits per heavy atom. The van der Waals surface area contributed by atoms with E-state index in [1.807, 2.05) is 29.2 Å². The van der Waals surface area contributed by atoms with E-state index in [-0.39, 0.29) is 0 Å². The van der Waals surface area contributed by atoms with Gasteiger partial charge >= 0.3 is 0 Å². The van der Waals surface area contributed by atoms with Crippen molar-refractivity contribution in [2.45, 2.75) is 13.1 Å². The van der Waals surface area contributed by atoms with Crippen LogP contribution >= 0.6 is 15.9 Å². The quantitative estimate of drug-likeness (QED) is 0.841. The molecule has 0 unspecified atom stereocenters. The Hall–Kier alpha value is -1.33. The van der Waals surface area contributed by atoms with Gasteiger partial charge in [-0.3, -0.25) is 9.58 Å². The van der Waals surface area contributed by atoms with Gasteiger partial charge in [0.2, 0.25) is 0 Å². The van der Waals surface area contributed by atoms with Crippen LogP contribution in [0.1, 0.15) is 5.56 Å². The van der Waals surface area contributed by atoms with Crippen molar-refractivity contribution in [3.05, 3.63) is 46.7 Å². The van der Waals surface area contributed by atoms with Gasteiger partial charge in [0.25, 0.3) is 0 Å². The third-order valence-electron chi connectivity index (χ3n) is 3.65. The van der Waals surface area contributed by atoms with Crippen molar-refractivity contribution in [2.24, 2.45) is 5.92 Å². The number of likely N-dealkylation sites (tertiary alicyclic amines) is 1. The van der Waals surface area contributed by atoms with Crippen molar-refractivity contribution in [3.8, 4) is 5.75 Å². The number of methoxy groups -OCH3 is 1. The Morgan fingerprint density at radius 1 is 1.30 bits per heavy atom. The molecule has 3 rings (SSSR count). The van der Waals surface area contributed by atoms with Crippen LogP contribution in [0.5, 0.6) is 5.75 Å². The molecule has 1 aromatic heterocycles. The van der Waals surface area contributed by atoms with Crippen LogP contribution in [-0.2, 0) is 13.1 Å². The van der Waals surface area contributed by atoms with Crippen molar-refractivity contribution in [3.63, 3.8) is 0 Å². The van der Waals surface area contributed by atoms with Gasteiger partial charge in [-0.2, -0.15) is 5.10 Å². The molecular formula is C15H18BrN3O. The van der Waals surface area contributed by atoms with Gasteiger partial charge in [-0.05, 0) is 33.6 Å². The molecule has 0 radical (unpaired) electrons. The predicted octanol–water partition coefficient (Wildman–Crippen LogP) is 2.79. The number of rotatable bonds is 5. The highest BCUT2D eigenvalue weighted by molar-refractivity contribution is 9.10. The molecule has 2 heterocycles. The van der Waals surface area contributed by atoms with Gasteiger partial charge < -0.3 is 4.74 Å². The van der Waals surface area contributed by atoms with Crippen LogP contribution in [-0.4, -0.2) is 34.9 Å². The molecule has 2 aromatic rings. The van der Waals surface area contributed by atoms with E-state index in [1.54, 1.807) is 7.11 Å². The maximum absolute atomic E-state index is 5.17. The largest absolute Gasteiger partial charge is 0.497 e. The lowest BCUT2D eigenvalue weighted by Gasteiger charge is -2.39. The van der Waals surface area contributed by atoms with E-state index in [0.29, 0.717) is 5.92 Å². The first-order valence-electron chi connectivity index (χ1n) is 6.76. The molecule has 1 aliphatic heterocycles. The molecule has 0 N–H and O–H groups in total. The van der Waals surface area contributed by atoms with Crippen molar-refractivity contribution in [1.82, 2.24) is 14.7 Å². The second-order valence-corrected chi connectivity index (χ2v) is 6.20. The highest BCUT2D eigenvalue weighted by Gasteiger charge is 2.26. The first kappa shape index (κ1) is 13.6. The minimum atomic E-state index is 0.708. The molecule has 0 atom stereocenters. The second kappa shape index (κ2) is 5.97. The van der Waals surface area contributed by atoms with Gasteiger partial charge in [-0.25, -0.2) is 0 Å². The zero-order valence-electron chi connectivity index (χ0n) is 11.5. The average Bonchev–Trinajstić information content (AvgIpc) is 2.82. The zero-order valence-corrected chi connectivity index (χ0v) is 13.1. The van der Waals surface area contributed by atoms with E-state index in [1.165, 1.54) is 5.56 Å². The predicted molar refractivity (Wildman–Crippen MR) is 81.7 cm³/mol. The summed E-state index contributed by atoms with van der Waals surface area (Å²) in [5.74, 6) is 1.62. The molecular weight excluding hydrogens is 318 g/mol. The molecule has 1 aromatic carbocycles. The van der Waals surface area contributed by atoms with E-state index in [0.717, 1.165) is 36.4 Å². The minimum Gasteiger partial charge on any atom is -0.497 e. The van der Waals surface area contributed by atoms with Crippen LogP contribution in [0.15, 0.2) is 41.1 Å². The first-order valence-corrected chi connectivity index (χ1v) is 7.55. The lowest BCUT2D eigenvalue weighted by atomic mass is 9.99. The lowest BCUT2D eigenvalue weighted by Crippen LogP contribution is -2.47. The van der Waals surface area contributed by atoms with Crippen LogP contribution in [0.3, 0.4) is 0 Å². The molecule has 4 nitrogen and oxygen atoms in total. The van der Waals surface area contributed by atoms with Gasteiger partial charge in [0.1, 0.15) is 5.75 Å². The highest BCUT2D eigenvalue weighted by Crippen LogP contribution is 2.21. The SMILES string of the molecule is COc1ccc(CN2CC(Cn3cc(Br)cn3)C2)cc1. The summed E-state index contributed by atoms with van der Waals surface area (Å²) >= 11 is 3.43. The van der Waals surface area contributed by atoms with Gasteiger partial charge in [-0.1, -0.05) is 12.1 Å². The molecule has 0 bridgehead atoms. The zero-order chi connectivity index (χ0) is 13.9. The van der Waals surface area contributed by atoms with Crippen molar-refractivity contribution in [2.75, 3.05) is 20.2 Å².